The lowest BCUT2D eigenvalue weighted by atomic mass is 10.2. The summed E-state index contributed by atoms with van der Waals surface area (Å²) in [4.78, 5) is 0. The van der Waals surface area contributed by atoms with Crippen LogP contribution in [0.3, 0.4) is 0 Å². The molecule has 1 N–H and O–H groups in total. The molecule has 0 heterocycles. The summed E-state index contributed by atoms with van der Waals surface area (Å²) in [5.74, 6) is 6.78. The number of ether oxygens (including phenoxy) is 1. The largest absolute Gasteiger partial charge is 0.489 e. The highest BCUT2D eigenvalue weighted by atomic mass is 16.5. The van der Waals surface area contributed by atoms with Crippen molar-refractivity contribution in [3.8, 4) is 17.6 Å². The molecule has 2 heteroatoms. The number of hydrogen-bond donors (Lipinski definition) is 1. The van der Waals surface area contributed by atoms with Crippen molar-refractivity contribution in [1.82, 2.24) is 0 Å². The van der Waals surface area contributed by atoms with Crippen molar-refractivity contribution in [2.75, 3.05) is 6.61 Å². The lowest BCUT2D eigenvalue weighted by molar-refractivity contribution is 0.209. The molecule has 17 heavy (non-hydrogen) atoms. The van der Waals surface area contributed by atoms with Gasteiger partial charge in [-0.05, 0) is 25.5 Å². The first-order chi connectivity index (χ1) is 8.27. The van der Waals surface area contributed by atoms with Gasteiger partial charge in [0.2, 0.25) is 0 Å². The van der Waals surface area contributed by atoms with E-state index in [1.807, 2.05) is 24.3 Å². The average molecular weight is 232 g/mol. The molecule has 1 aromatic carbocycles. The summed E-state index contributed by atoms with van der Waals surface area (Å²) in [6, 6.07) is 7.78. The zero-order valence-corrected chi connectivity index (χ0v) is 10.6. The fraction of sp³-hybridized carbons (Fsp3) is 0.467. The van der Waals surface area contributed by atoms with Gasteiger partial charge in [0.05, 0.1) is 18.3 Å². The van der Waals surface area contributed by atoms with Gasteiger partial charge in [-0.1, -0.05) is 37.3 Å². The molecular weight excluding hydrogens is 212 g/mol. The Balaban J connectivity index is 2.74. The van der Waals surface area contributed by atoms with Crippen LogP contribution in [0.2, 0.25) is 0 Å². The molecule has 0 spiro atoms. The molecule has 1 aromatic rings. The molecule has 0 saturated carbocycles. The van der Waals surface area contributed by atoms with Crippen molar-refractivity contribution in [1.29, 1.82) is 0 Å². The summed E-state index contributed by atoms with van der Waals surface area (Å²) < 4.78 is 5.85. The van der Waals surface area contributed by atoms with E-state index in [4.69, 9.17) is 9.84 Å². The van der Waals surface area contributed by atoms with Gasteiger partial charge in [-0.25, -0.2) is 0 Å². The molecule has 92 valence electrons. The summed E-state index contributed by atoms with van der Waals surface area (Å²) in [5.41, 5.74) is 0.893. The highest BCUT2D eigenvalue weighted by Gasteiger charge is 2.05. The van der Waals surface area contributed by atoms with Crippen LogP contribution in [-0.4, -0.2) is 17.8 Å². The Morgan fingerprint density at radius 3 is 2.82 bits per heavy atom. The molecule has 0 radical (unpaired) electrons. The highest BCUT2D eigenvalue weighted by molar-refractivity contribution is 5.45. The van der Waals surface area contributed by atoms with Gasteiger partial charge in [0.25, 0.3) is 0 Å². The van der Waals surface area contributed by atoms with Crippen molar-refractivity contribution < 1.29 is 9.84 Å². The predicted octanol–water partition coefficient (Wildman–Crippen LogP) is 2.99. The molecule has 0 aliphatic carbocycles. The second-order valence-corrected chi connectivity index (χ2v) is 3.99. The summed E-state index contributed by atoms with van der Waals surface area (Å²) in [6.07, 6.45) is 2.86. The Morgan fingerprint density at radius 2 is 2.12 bits per heavy atom. The van der Waals surface area contributed by atoms with E-state index in [9.17, 15) is 0 Å². The van der Waals surface area contributed by atoms with Crippen LogP contribution < -0.4 is 4.74 Å². The molecule has 1 atom stereocenters. The summed E-state index contributed by atoms with van der Waals surface area (Å²) >= 11 is 0. The molecule has 1 unspecified atom stereocenters. The monoisotopic (exact) mass is 232 g/mol. The maximum Gasteiger partial charge on any atom is 0.135 e. The highest BCUT2D eigenvalue weighted by Crippen LogP contribution is 2.19. The molecule has 0 saturated heterocycles. The van der Waals surface area contributed by atoms with Crippen LogP contribution in [0.1, 0.15) is 38.7 Å². The molecular formula is C15H20O2. The van der Waals surface area contributed by atoms with Crippen molar-refractivity contribution in [2.45, 2.75) is 39.2 Å². The van der Waals surface area contributed by atoms with Crippen LogP contribution in [0.5, 0.6) is 5.75 Å². The van der Waals surface area contributed by atoms with Gasteiger partial charge < -0.3 is 9.84 Å². The quantitative estimate of drug-likeness (QED) is 0.791. The smallest absolute Gasteiger partial charge is 0.135 e. The van der Waals surface area contributed by atoms with Crippen molar-refractivity contribution in [3.05, 3.63) is 29.8 Å². The minimum Gasteiger partial charge on any atom is -0.489 e. The van der Waals surface area contributed by atoms with Gasteiger partial charge in [-0.2, -0.15) is 0 Å². The Bertz CT molecular complexity index is 387. The van der Waals surface area contributed by atoms with E-state index < -0.39 is 0 Å². The fourth-order valence-corrected chi connectivity index (χ4v) is 1.57. The summed E-state index contributed by atoms with van der Waals surface area (Å²) in [5, 5.41) is 8.70. The van der Waals surface area contributed by atoms with E-state index >= 15 is 0 Å². The van der Waals surface area contributed by atoms with Crippen LogP contribution in [0.4, 0.5) is 0 Å². The van der Waals surface area contributed by atoms with E-state index in [2.05, 4.69) is 25.7 Å². The van der Waals surface area contributed by atoms with Crippen LogP contribution in [0, 0.1) is 11.8 Å². The number of aliphatic hydroxyl groups is 1. The van der Waals surface area contributed by atoms with E-state index in [-0.39, 0.29) is 12.7 Å². The SMILES string of the molecule is CCCC(C)Oc1ccccc1C#CCCO. The van der Waals surface area contributed by atoms with Gasteiger partial charge in [-0.3, -0.25) is 0 Å². The van der Waals surface area contributed by atoms with Gasteiger partial charge in [0, 0.05) is 6.42 Å². The van der Waals surface area contributed by atoms with Gasteiger partial charge in [0.1, 0.15) is 5.75 Å². The van der Waals surface area contributed by atoms with Gasteiger partial charge >= 0.3 is 0 Å². The lowest BCUT2D eigenvalue weighted by Crippen LogP contribution is -2.11. The molecule has 0 fully saturated rings. The summed E-state index contributed by atoms with van der Waals surface area (Å²) in [6.45, 7) is 4.32. The molecule has 2 nitrogen and oxygen atoms in total. The minimum atomic E-state index is 0.0995. The molecule has 0 aliphatic heterocycles. The standard InChI is InChI=1S/C15H20O2/c1-3-8-13(2)17-15-11-5-4-9-14(15)10-6-7-12-16/h4-5,9,11,13,16H,3,7-8,12H2,1-2H3. The Kier molecular flexibility index (Phi) is 6.21. The van der Waals surface area contributed by atoms with Crippen molar-refractivity contribution in [2.24, 2.45) is 0 Å². The third-order valence-electron chi connectivity index (χ3n) is 2.37. The zero-order chi connectivity index (χ0) is 12.5. The van der Waals surface area contributed by atoms with Crippen LogP contribution in [0.15, 0.2) is 24.3 Å². The van der Waals surface area contributed by atoms with Crippen molar-refractivity contribution in [3.63, 3.8) is 0 Å². The first-order valence-corrected chi connectivity index (χ1v) is 6.13. The summed E-state index contributed by atoms with van der Waals surface area (Å²) in [7, 11) is 0. The number of para-hydroxylation sites is 1. The number of hydrogen-bond acceptors (Lipinski definition) is 2. The second-order valence-electron chi connectivity index (χ2n) is 3.99. The predicted molar refractivity (Wildman–Crippen MR) is 70.0 cm³/mol. The normalized spacial score (nSPS) is 11.5. The van der Waals surface area contributed by atoms with Crippen LogP contribution in [-0.2, 0) is 0 Å². The van der Waals surface area contributed by atoms with Gasteiger partial charge in [0.15, 0.2) is 0 Å². The second kappa shape index (κ2) is 7.76. The molecule has 0 bridgehead atoms. The molecule has 0 aliphatic rings. The van der Waals surface area contributed by atoms with E-state index in [0.717, 1.165) is 24.2 Å². The van der Waals surface area contributed by atoms with Crippen LogP contribution >= 0.6 is 0 Å². The maximum absolute atomic E-state index is 8.70. The molecule has 0 aromatic heterocycles. The average Bonchev–Trinajstić information content (AvgIpc) is 2.32. The first-order valence-electron chi connectivity index (χ1n) is 6.13. The first kappa shape index (κ1) is 13.6. The van der Waals surface area contributed by atoms with Crippen LogP contribution in [0.25, 0.3) is 0 Å². The fourth-order valence-electron chi connectivity index (χ4n) is 1.57. The molecule has 1 rings (SSSR count). The Hall–Kier alpha value is -1.46. The Morgan fingerprint density at radius 1 is 1.35 bits per heavy atom. The van der Waals surface area contributed by atoms with Crippen molar-refractivity contribution >= 4 is 0 Å². The topological polar surface area (TPSA) is 29.5 Å². The maximum atomic E-state index is 8.70. The Labute approximate surface area is 104 Å². The van der Waals surface area contributed by atoms with E-state index in [1.54, 1.807) is 0 Å². The van der Waals surface area contributed by atoms with E-state index in [0.29, 0.717) is 6.42 Å². The number of aliphatic hydroxyl groups excluding tert-OH is 1. The number of rotatable bonds is 5. The molecule has 0 amide bonds. The zero-order valence-electron chi connectivity index (χ0n) is 10.6. The third-order valence-corrected chi connectivity index (χ3v) is 2.37. The van der Waals surface area contributed by atoms with E-state index in [1.165, 1.54) is 0 Å². The minimum absolute atomic E-state index is 0.0995. The van der Waals surface area contributed by atoms with Gasteiger partial charge in [-0.15, -0.1) is 0 Å². The lowest BCUT2D eigenvalue weighted by Gasteiger charge is -2.14. The third kappa shape index (κ3) is 4.93. The number of benzene rings is 1.